The van der Waals surface area contributed by atoms with E-state index in [1.54, 1.807) is 30.5 Å². The first kappa shape index (κ1) is 30.4. The van der Waals surface area contributed by atoms with Crippen LogP contribution in [0.4, 0.5) is 10.5 Å². The molecule has 1 aliphatic rings. The summed E-state index contributed by atoms with van der Waals surface area (Å²) in [7, 11) is 1.30. The maximum absolute atomic E-state index is 13.2. The molecule has 5 rings (SSSR count). The van der Waals surface area contributed by atoms with E-state index in [0.717, 1.165) is 29.5 Å². The minimum atomic E-state index is -0.541. The normalized spacial score (nSPS) is 15.2. The van der Waals surface area contributed by atoms with Gasteiger partial charge in [-0.1, -0.05) is 36.6 Å². The van der Waals surface area contributed by atoms with Gasteiger partial charge in [-0.25, -0.2) is 4.79 Å². The zero-order valence-electron chi connectivity index (χ0n) is 24.0. The number of fused-ring (bicyclic) bond motifs is 4. The third-order valence-electron chi connectivity index (χ3n) is 7.14. The second kappa shape index (κ2) is 14.4. The van der Waals surface area contributed by atoms with Gasteiger partial charge in [0.15, 0.2) is 0 Å². The number of carbonyl (C=O) groups is 3. The van der Waals surface area contributed by atoms with Crippen molar-refractivity contribution in [2.75, 3.05) is 12.4 Å². The highest BCUT2D eigenvalue weighted by atomic mass is 35.5. The molecule has 2 aromatic carbocycles. The molecule has 1 atom stereocenters. The van der Waals surface area contributed by atoms with E-state index in [-0.39, 0.29) is 24.4 Å². The number of anilines is 1. The lowest BCUT2D eigenvalue weighted by atomic mass is 9.98. The van der Waals surface area contributed by atoms with E-state index >= 15 is 0 Å². The molecule has 1 unspecified atom stereocenters. The molecule has 0 aliphatic carbocycles. The van der Waals surface area contributed by atoms with Gasteiger partial charge < -0.3 is 20.7 Å². The van der Waals surface area contributed by atoms with Crippen LogP contribution in [0.25, 0.3) is 22.9 Å². The Hall–Kier alpha value is -5.10. The van der Waals surface area contributed by atoms with E-state index in [0.29, 0.717) is 46.9 Å². The van der Waals surface area contributed by atoms with E-state index in [1.807, 2.05) is 30.3 Å². The molecule has 0 saturated heterocycles. The molecule has 0 saturated carbocycles. The predicted molar refractivity (Wildman–Crippen MR) is 165 cm³/mol. The summed E-state index contributed by atoms with van der Waals surface area (Å²) in [6.45, 7) is 0.242. The summed E-state index contributed by atoms with van der Waals surface area (Å²) in [5.41, 5.74) is 5.10. The fourth-order valence-corrected chi connectivity index (χ4v) is 5.13. The van der Waals surface area contributed by atoms with Crippen molar-refractivity contribution < 1.29 is 19.1 Å². The number of hydrogen-bond donors (Lipinski definition) is 3. The number of amides is 3. The van der Waals surface area contributed by atoms with Gasteiger partial charge in [0.05, 0.1) is 24.5 Å². The van der Waals surface area contributed by atoms with Gasteiger partial charge in [0.2, 0.25) is 11.8 Å². The zero-order valence-corrected chi connectivity index (χ0v) is 24.8. The van der Waals surface area contributed by atoms with Crippen LogP contribution in [-0.4, -0.2) is 50.2 Å². The number of halogens is 1. The largest absolute Gasteiger partial charge is 0.453 e. The molecule has 2 aromatic heterocycles. The minimum Gasteiger partial charge on any atom is -0.453 e. The number of hydrogen-bond acceptors (Lipinski definition) is 8. The summed E-state index contributed by atoms with van der Waals surface area (Å²) >= 11 is 6.22. The minimum absolute atomic E-state index is 0.0881. The lowest BCUT2D eigenvalue weighted by Gasteiger charge is -2.19. The molecule has 12 nitrogen and oxygen atoms in total. The maximum Gasteiger partial charge on any atom is 0.407 e. The molecule has 3 heterocycles. The Morgan fingerprint density at radius 1 is 1.14 bits per heavy atom. The highest BCUT2D eigenvalue weighted by Gasteiger charge is 2.19. The molecule has 4 aromatic rings. The van der Waals surface area contributed by atoms with Gasteiger partial charge in [0.1, 0.15) is 6.33 Å². The van der Waals surface area contributed by atoms with E-state index in [9.17, 15) is 14.4 Å². The number of tetrazole rings is 1. The van der Waals surface area contributed by atoms with Crippen LogP contribution in [0.15, 0.2) is 67.1 Å². The molecular weight excluding hydrogens is 584 g/mol. The van der Waals surface area contributed by atoms with Gasteiger partial charge >= 0.3 is 6.09 Å². The molecule has 0 fully saturated rings. The van der Waals surface area contributed by atoms with Gasteiger partial charge in [-0.2, -0.15) is 4.68 Å². The van der Waals surface area contributed by atoms with Crippen molar-refractivity contribution in [2.45, 2.75) is 44.7 Å². The number of nitrogens with zero attached hydrogens (tertiary/aromatic N) is 5. The second-order valence-electron chi connectivity index (χ2n) is 10.2. The molecular formula is C31H31ClN8O4. The van der Waals surface area contributed by atoms with Crippen molar-refractivity contribution in [3.8, 4) is 16.8 Å². The molecule has 13 heteroatoms. The first-order chi connectivity index (χ1) is 21.4. The highest BCUT2D eigenvalue weighted by molar-refractivity contribution is 6.30. The molecule has 1 aliphatic heterocycles. The number of carbonyl (C=O) groups excluding carboxylic acids is 3. The smallest absolute Gasteiger partial charge is 0.407 e. The monoisotopic (exact) mass is 614 g/mol. The van der Waals surface area contributed by atoms with Gasteiger partial charge in [-0.15, -0.1) is 5.10 Å². The fourth-order valence-electron chi connectivity index (χ4n) is 4.95. The first-order valence-electron chi connectivity index (χ1n) is 14.1. The lowest BCUT2D eigenvalue weighted by molar-refractivity contribution is -0.117. The van der Waals surface area contributed by atoms with Gasteiger partial charge in [0.25, 0.3) is 0 Å². The van der Waals surface area contributed by atoms with Crippen LogP contribution in [0.2, 0.25) is 5.02 Å². The average molecular weight is 615 g/mol. The van der Waals surface area contributed by atoms with Crippen LogP contribution in [0, 0.1) is 0 Å². The second-order valence-corrected chi connectivity index (χ2v) is 10.6. The molecule has 3 amide bonds. The quantitative estimate of drug-likeness (QED) is 0.256. The number of ether oxygens (including phenoxy) is 1. The van der Waals surface area contributed by atoms with Gasteiger partial charge in [-0.05, 0) is 76.9 Å². The first-order valence-corrected chi connectivity index (χ1v) is 14.5. The Balaban J connectivity index is 1.40. The Morgan fingerprint density at radius 3 is 2.84 bits per heavy atom. The van der Waals surface area contributed by atoms with E-state index < -0.39 is 6.09 Å². The number of nitrogens with one attached hydrogen (secondary N) is 3. The molecule has 44 heavy (non-hydrogen) atoms. The number of aromatic nitrogens is 5. The van der Waals surface area contributed by atoms with Crippen LogP contribution in [0.5, 0.6) is 0 Å². The third-order valence-corrected chi connectivity index (χ3v) is 7.38. The number of methoxy groups -OCH3 is 1. The Labute approximate surface area is 258 Å². The zero-order chi connectivity index (χ0) is 30.9. The van der Waals surface area contributed by atoms with Crippen molar-refractivity contribution in [1.82, 2.24) is 35.8 Å². The standard InChI is InChI=1S/C31H31ClN8O4/c1-44-31(43)34-18-20-7-10-24-21-13-14-33-27(17-21)25(5-3-2-4-6-29(41)37-26(24)15-20)36-30(42)12-8-22-16-23(32)9-11-28(22)40-19-35-38-39-40/h7-17,19,25H,2-6,18H2,1H3,(H,34,43)(H,36,42)(H,37,41). The van der Waals surface area contributed by atoms with Crippen molar-refractivity contribution in [2.24, 2.45) is 0 Å². The van der Waals surface area contributed by atoms with E-state index in [4.69, 9.17) is 11.6 Å². The summed E-state index contributed by atoms with van der Waals surface area (Å²) in [4.78, 5) is 42.2. The summed E-state index contributed by atoms with van der Waals surface area (Å²) in [5.74, 6) is -0.385. The third kappa shape index (κ3) is 7.84. The van der Waals surface area contributed by atoms with Crippen LogP contribution in [0.1, 0.15) is 55.0 Å². The highest BCUT2D eigenvalue weighted by Crippen LogP contribution is 2.32. The molecule has 226 valence electrons. The van der Waals surface area contributed by atoms with Crippen LogP contribution < -0.4 is 16.0 Å². The predicted octanol–water partition coefficient (Wildman–Crippen LogP) is 5.01. The van der Waals surface area contributed by atoms with E-state index in [2.05, 4.69) is 41.2 Å². The Kier molecular flexibility index (Phi) is 9.92. The average Bonchev–Trinajstić information content (AvgIpc) is 3.57. The molecule has 2 bridgehead atoms. The Morgan fingerprint density at radius 2 is 2.02 bits per heavy atom. The topological polar surface area (TPSA) is 153 Å². The SMILES string of the molecule is COC(=O)NCc1ccc2c(c1)NC(=O)CCCCCC(NC(=O)C=Cc1cc(Cl)ccc1-n1cnnn1)c1cc-2ccn1. The van der Waals surface area contributed by atoms with Crippen molar-refractivity contribution in [1.29, 1.82) is 0 Å². The molecule has 0 spiro atoms. The van der Waals surface area contributed by atoms with Crippen LogP contribution >= 0.6 is 11.6 Å². The Bertz CT molecular complexity index is 1680. The van der Waals surface area contributed by atoms with Crippen LogP contribution in [0.3, 0.4) is 0 Å². The number of pyridine rings is 1. The van der Waals surface area contributed by atoms with Crippen LogP contribution in [-0.2, 0) is 20.9 Å². The summed E-state index contributed by atoms with van der Waals surface area (Å²) in [5, 5.41) is 20.6. The van der Waals surface area contributed by atoms with Crippen molar-refractivity contribution >= 4 is 41.3 Å². The van der Waals surface area contributed by atoms with Crippen molar-refractivity contribution in [3.63, 3.8) is 0 Å². The molecule has 3 N–H and O–H groups in total. The summed E-state index contributed by atoms with van der Waals surface area (Å²) in [6, 6.07) is 14.3. The fraction of sp³-hybridized carbons (Fsp3) is 0.258. The molecule has 0 radical (unpaired) electrons. The van der Waals surface area contributed by atoms with Crippen molar-refractivity contribution in [3.05, 3.63) is 89.0 Å². The maximum atomic E-state index is 13.2. The summed E-state index contributed by atoms with van der Waals surface area (Å²) in [6.07, 6.45) is 9.05. The summed E-state index contributed by atoms with van der Waals surface area (Å²) < 4.78 is 6.16. The van der Waals surface area contributed by atoms with Gasteiger partial charge in [0, 0.05) is 47.1 Å². The lowest BCUT2D eigenvalue weighted by Crippen LogP contribution is -2.27. The number of alkyl carbamates (subject to hydrolysis) is 1. The number of benzene rings is 2. The number of rotatable bonds is 6. The van der Waals surface area contributed by atoms with Gasteiger partial charge in [-0.3, -0.25) is 14.6 Å². The van der Waals surface area contributed by atoms with E-state index in [1.165, 1.54) is 24.2 Å².